The van der Waals surface area contributed by atoms with Crippen molar-refractivity contribution in [3.05, 3.63) is 34.3 Å². The van der Waals surface area contributed by atoms with Crippen LogP contribution >= 0.6 is 11.3 Å². The number of carbonyl (C=O) groups is 1. The lowest BCUT2D eigenvalue weighted by molar-refractivity contribution is 0.0958. The zero-order valence-electron chi connectivity index (χ0n) is 15.2. The van der Waals surface area contributed by atoms with Crippen LogP contribution in [0, 0.1) is 0 Å². The number of aromatic nitrogens is 1. The predicted molar refractivity (Wildman–Crippen MR) is 104 cm³/mol. The van der Waals surface area contributed by atoms with Crippen molar-refractivity contribution in [3.63, 3.8) is 0 Å². The van der Waals surface area contributed by atoms with E-state index in [0.29, 0.717) is 46.8 Å². The minimum atomic E-state index is -0.319. The fraction of sp³-hybridized carbons (Fsp3) is 0.389. The van der Waals surface area contributed by atoms with E-state index in [1.807, 2.05) is 39.0 Å². The Kier molecular flexibility index (Phi) is 7.40. The number of ether oxygens (including phenoxy) is 2. The first kappa shape index (κ1) is 19.7. The molecule has 8 heteroatoms. The molecule has 2 aromatic rings. The Morgan fingerprint density at radius 2 is 2.12 bits per heavy atom. The topological polar surface area (TPSA) is 98.8 Å². The number of benzene rings is 1. The summed E-state index contributed by atoms with van der Waals surface area (Å²) in [6, 6.07) is 5.51. The predicted octanol–water partition coefficient (Wildman–Crippen LogP) is 3.24. The van der Waals surface area contributed by atoms with E-state index in [0.717, 1.165) is 23.3 Å². The maximum Gasteiger partial charge on any atom is 0.283 e. The van der Waals surface area contributed by atoms with Crippen molar-refractivity contribution >= 4 is 28.6 Å². The summed E-state index contributed by atoms with van der Waals surface area (Å²) in [6.07, 6.45) is 3.09. The van der Waals surface area contributed by atoms with Gasteiger partial charge in [-0.15, -0.1) is 0 Å². The largest absolute Gasteiger partial charge is 0.490 e. The second-order valence-electron chi connectivity index (χ2n) is 5.37. The van der Waals surface area contributed by atoms with Crippen LogP contribution in [0.2, 0.25) is 0 Å². The number of anilines is 1. The lowest BCUT2D eigenvalue weighted by Crippen LogP contribution is -2.17. The molecule has 0 aliphatic rings. The lowest BCUT2D eigenvalue weighted by atomic mass is 10.2. The summed E-state index contributed by atoms with van der Waals surface area (Å²) in [6.45, 7) is 7.04. The number of carbonyl (C=O) groups excluding carboxylic acids is 1. The molecule has 1 aromatic carbocycles. The van der Waals surface area contributed by atoms with E-state index in [1.54, 1.807) is 6.21 Å². The molecule has 0 aliphatic heterocycles. The van der Waals surface area contributed by atoms with E-state index in [9.17, 15) is 4.79 Å². The van der Waals surface area contributed by atoms with Crippen molar-refractivity contribution in [3.8, 4) is 11.5 Å². The molecule has 1 aromatic heterocycles. The molecule has 0 radical (unpaired) electrons. The summed E-state index contributed by atoms with van der Waals surface area (Å²) in [5.74, 6) is 1.03. The third kappa shape index (κ3) is 5.19. The highest BCUT2D eigenvalue weighted by Crippen LogP contribution is 2.28. The van der Waals surface area contributed by atoms with Crippen LogP contribution in [-0.4, -0.2) is 30.3 Å². The van der Waals surface area contributed by atoms with Crippen LogP contribution in [0.15, 0.2) is 23.3 Å². The third-order valence-electron chi connectivity index (χ3n) is 3.36. The van der Waals surface area contributed by atoms with Crippen LogP contribution in [0.5, 0.6) is 11.5 Å². The quantitative estimate of drug-likeness (QED) is 0.517. The van der Waals surface area contributed by atoms with E-state index < -0.39 is 0 Å². The summed E-state index contributed by atoms with van der Waals surface area (Å²) in [5, 5.41) is 4.39. The van der Waals surface area contributed by atoms with Crippen LogP contribution in [0.4, 0.5) is 5.13 Å². The Labute approximate surface area is 157 Å². The first-order valence-electron chi connectivity index (χ1n) is 8.57. The van der Waals surface area contributed by atoms with Gasteiger partial charge in [0.15, 0.2) is 16.6 Å². The zero-order chi connectivity index (χ0) is 18.9. The highest BCUT2D eigenvalue weighted by atomic mass is 32.1. The summed E-state index contributed by atoms with van der Waals surface area (Å²) in [4.78, 5) is 16.8. The summed E-state index contributed by atoms with van der Waals surface area (Å²) in [5.41, 5.74) is 9.65. The monoisotopic (exact) mass is 376 g/mol. The molecule has 0 spiro atoms. The Morgan fingerprint density at radius 1 is 1.31 bits per heavy atom. The molecule has 0 atom stereocenters. The first-order chi connectivity index (χ1) is 12.6. The number of nitrogens with zero attached hydrogens (tertiary/aromatic N) is 2. The van der Waals surface area contributed by atoms with Gasteiger partial charge in [0, 0.05) is 0 Å². The molecule has 3 N–H and O–H groups in total. The number of hydrogen-bond acceptors (Lipinski definition) is 7. The fourth-order valence-electron chi connectivity index (χ4n) is 2.21. The molecule has 0 unspecified atom stereocenters. The number of thiazole rings is 1. The number of amides is 1. The van der Waals surface area contributed by atoms with Gasteiger partial charge in [-0.2, -0.15) is 5.10 Å². The molecular weight excluding hydrogens is 352 g/mol. The Morgan fingerprint density at radius 3 is 2.81 bits per heavy atom. The van der Waals surface area contributed by atoms with E-state index in [4.69, 9.17) is 15.2 Å². The molecule has 1 amide bonds. The van der Waals surface area contributed by atoms with Crippen molar-refractivity contribution in [2.75, 3.05) is 18.9 Å². The van der Waals surface area contributed by atoms with Gasteiger partial charge in [0.2, 0.25) is 0 Å². The van der Waals surface area contributed by atoms with Crippen LogP contribution in [0.1, 0.15) is 48.1 Å². The van der Waals surface area contributed by atoms with Gasteiger partial charge in [0.05, 0.1) is 25.1 Å². The van der Waals surface area contributed by atoms with Gasteiger partial charge in [-0.25, -0.2) is 10.4 Å². The average Bonchev–Trinajstić information content (AvgIpc) is 3.02. The molecule has 2 rings (SSSR count). The number of nitrogen functional groups attached to an aromatic ring is 1. The van der Waals surface area contributed by atoms with Gasteiger partial charge < -0.3 is 15.2 Å². The molecule has 140 valence electrons. The van der Waals surface area contributed by atoms with Crippen molar-refractivity contribution in [1.29, 1.82) is 0 Å². The lowest BCUT2D eigenvalue weighted by Gasteiger charge is -2.11. The molecule has 7 nitrogen and oxygen atoms in total. The Bertz CT molecular complexity index is 774. The fourth-order valence-corrected chi connectivity index (χ4v) is 3.02. The van der Waals surface area contributed by atoms with Gasteiger partial charge in [-0.05, 0) is 43.5 Å². The SMILES string of the molecule is CCCOc1cc(C=NNC(=O)c2sc(N)nc2CC)ccc1OCC. The molecule has 0 saturated heterocycles. The van der Waals surface area contributed by atoms with Gasteiger partial charge in [-0.1, -0.05) is 25.2 Å². The zero-order valence-corrected chi connectivity index (χ0v) is 16.1. The summed E-state index contributed by atoms with van der Waals surface area (Å²) >= 11 is 1.16. The Hall–Kier alpha value is -2.61. The molecule has 0 bridgehead atoms. The van der Waals surface area contributed by atoms with E-state index in [-0.39, 0.29) is 5.91 Å². The summed E-state index contributed by atoms with van der Waals surface area (Å²) in [7, 11) is 0. The van der Waals surface area contributed by atoms with Crippen molar-refractivity contribution in [2.45, 2.75) is 33.6 Å². The minimum absolute atomic E-state index is 0.319. The number of aryl methyl sites for hydroxylation is 1. The highest BCUT2D eigenvalue weighted by molar-refractivity contribution is 7.17. The maximum absolute atomic E-state index is 12.2. The van der Waals surface area contributed by atoms with Crippen LogP contribution < -0.4 is 20.6 Å². The van der Waals surface area contributed by atoms with Crippen LogP contribution in [0.25, 0.3) is 0 Å². The maximum atomic E-state index is 12.2. The molecule has 0 aliphatic carbocycles. The van der Waals surface area contributed by atoms with E-state index in [1.165, 1.54) is 0 Å². The molecule has 0 saturated carbocycles. The number of rotatable bonds is 9. The second kappa shape index (κ2) is 9.76. The first-order valence-corrected chi connectivity index (χ1v) is 9.38. The number of hydrogen-bond donors (Lipinski definition) is 2. The standard InChI is InChI=1S/C18H24N4O3S/c1-4-9-25-15-10-12(7-8-14(15)24-6-3)11-20-22-17(23)16-13(5-2)21-18(19)26-16/h7-8,10-11H,4-6,9H2,1-3H3,(H2,19,21)(H,22,23). The molecular formula is C18H24N4O3S. The van der Waals surface area contributed by atoms with E-state index >= 15 is 0 Å². The van der Waals surface area contributed by atoms with Crippen LogP contribution in [0.3, 0.4) is 0 Å². The van der Waals surface area contributed by atoms with Crippen molar-refractivity contribution in [1.82, 2.24) is 10.4 Å². The van der Waals surface area contributed by atoms with Gasteiger partial charge in [-0.3, -0.25) is 4.79 Å². The van der Waals surface area contributed by atoms with Gasteiger partial charge in [0.1, 0.15) is 4.88 Å². The van der Waals surface area contributed by atoms with Crippen molar-refractivity contribution in [2.24, 2.45) is 5.10 Å². The smallest absolute Gasteiger partial charge is 0.283 e. The highest BCUT2D eigenvalue weighted by Gasteiger charge is 2.15. The molecule has 0 fully saturated rings. The normalized spacial score (nSPS) is 10.9. The molecule has 26 heavy (non-hydrogen) atoms. The minimum Gasteiger partial charge on any atom is -0.490 e. The number of nitrogens with one attached hydrogen (secondary N) is 1. The molecule has 1 heterocycles. The van der Waals surface area contributed by atoms with Gasteiger partial charge in [0.25, 0.3) is 5.91 Å². The van der Waals surface area contributed by atoms with Crippen molar-refractivity contribution < 1.29 is 14.3 Å². The average molecular weight is 376 g/mol. The third-order valence-corrected chi connectivity index (χ3v) is 4.29. The number of nitrogens with two attached hydrogens (primary N) is 1. The van der Waals surface area contributed by atoms with Crippen LogP contribution in [-0.2, 0) is 6.42 Å². The number of hydrazone groups is 1. The van der Waals surface area contributed by atoms with Gasteiger partial charge >= 0.3 is 0 Å². The Balaban J connectivity index is 2.08. The summed E-state index contributed by atoms with van der Waals surface area (Å²) < 4.78 is 11.3. The second-order valence-corrected chi connectivity index (χ2v) is 6.40. The van der Waals surface area contributed by atoms with E-state index in [2.05, 4.69) is 15.5 Å².